The first kappa shape index (κ1) is 23.1. The first-order chi connectivity index (χ1) is 18.5. The SMILES string of the molecule is O=C(c1cccs1)[C@@H]1[C@H](C(=O)c2ccc(Cl)cc2)[C@@]2(C(=O)Nc3ccccc32)[C@@H]2c3ccccc3C=CN12. The topological polar surface area (TPSA) is 66.5 Å². The molecule has 7 heteroatoms. The number of nitrogens with one attached hydrogen (secondary N) is 1. The molecule has 5 nitrogen and oxygen atoms in total. The Kier molecular flexibility index (Phi) is 5.18. The minimum absolute atomic E-state index is 0.171. The lowest BCUT2D eigenvalue weighted by molar-refractivity contribution is -0.122. The lowest BCUT2D eigenvalue weighted by atomic mass is 9.63. The van der Waals surface area contributed by atoms with Gasteiger partial charge in [-0.1, -0.05) is 60.1 Å². The molecule has 4 heterocycles. The highest BCUT2D eigenvalue weighted by Crippen LogP contribution is 2.62. The number of rotatable bonds is 4. The van der Waals surface area contributed by atoms with E-state index in [2.05, 4.69) is 5.32 Å². The van der Waals surface area contributed by atoms with Gasteiger partial charge in [0.05, 0.1) is 16.8 Å². The quantitative estimate of drug-likeness (QED) is 0.307. The highest BCUT2D eigenvalue weighted by molar-refractivity contribution is 7.12. The van der Waals surface area contributed by atoms with E-state index in [0.29, 0.717) is 21.2 Å². The molecule has 3 aliphatic rings. The number of nitrogens with zero attached hydrogens (tertiary/aromatic N) is 1. The number of thiophene rings is 1. The minimum atomic E-state index is -1.33. The van der Waals surface area contributed by atoms with Gasteiger partial charge in [0.1, 0.15) is 11.5 Å². The Morgan fingerprint density at radius 1 is 0.895 bits per heavy atom. The van der Waals surface area contributed by atoms with E-state index in [-0.39, 0.29) is 17.5 Å². The molecule has 0 aliphatic carbocycles. The Balaban J connectivity index is 1.55. The molecule has 3 aliphatic heterocycles. The van der Waals surface area contributed by atoms with E-state index in [1.807, 2.05) is 77.2 Å². The van der Waals surface area contributed by atoms with Gasteiger partial charge >= 0.3 is 0 Å². The van der Waals surface area contributed by atoms with E-state index in [4.69, 9.17) is 11.6 Å². The highest BCUT2D eigenvalue weighted by Gasteiger charge is 2.70. The lowest BCUT2D eigenvalue weighted by Crippen LogP contribution is -2.49. The molecule has 0 saturated carbocycles. The van der Waals surface area contributed by atoms with Crippen LogP contribution in [0.1, 0.15) is 42.8 Å². The zero-order valence-corrected chi connectivity index (χ0v) is 21.6. The second-order valence-corrected chi connectivity index (χ2v) is 11.2. The van der Waals surface area contributed by atoms with E-state index in [0.717, 1.165) is 16.7 Å². The molecule has 1 aromatic heterocycles. The van der Waals surface area contributed by atoms with Crippen LogP contribution in [0.25, 0.3) is 6.08 Å². The van der Waals surface area contributed by atoms with Crippen LogP contribution in [0, 0.1) is 5.92 Å². The molecule has 186 valence electrons. The zero-order valence-electron chi connectivity index (χ0n) is 20.0. The van der Waals surface area contributed by atoms with Crippen molar-refractivity contribution < 1.29 is 14.4 Å². The Bertz CT molecular complexity index is 1650. The fraction of sp³-hybridized carbons (Fsp3) is 0.129. The molecule has 4 aromatic rings. The van der Waals surface area contributed by atoms with Gasteiger partial charge in [0.2, 0.25) is 5.91 Å². The first-order valence-corrected chi connectivity index (χ1v) is 13.6. The number of Topliss-reactive ketones (excluding diaryl/α,β-unsaturated/α-hetero) is 2. The molecule has 38 heavy (non-hydrogen) atoms. The maximum atomic E-state index is 14.6. The highest BCUT2D eigenvalue weighted by atomic mass is 35.5. The third kappa shape index (κ3) is 3.08. The Morgan fingerprint density at radius 2 is 1.66 bits per heavy atom. The zero-order chi connectivity index (χ0) is 26.0. The lowest BCUT2D eigenvalue weighted by Gasteiger charge is -2.38. The summed E-state index contributed by atoms with van der Waals surface area (Å²) in [4.78, 5) is 45.7. The molecule has 1 N–H and O–H groups in total. The maximum Gasteiger partial charge on any atom is 0.238 e. The van der Waals surface area contributed by atoms with Crippen molar-refractivity contribution >= 4 is 52.2 Å². The molecule has 1 fully saturated rings. The number of halogens is 1. The number of fused-ring (bicyclic) bond motifs is 6. The molecular weight excluding hydrogens is 516 g/mol. The number of anilines is 1. The smallest absolute Gasteiger partial charge is 0.238 e. The van der Waals surface area contributed by atoms with Gasteiger partial charge in [-0.25, -0.2) is 0 Å². The standard InChI is InChI=1S/C31H21ClN2O3S/c32-20-13-11-19(12-14-20)27(35)25-26(28(36)24-10-5-17-38-24)34-16-15-18-6-1-2-7-21(18)29(34)31(25)22-8-3-4-9-23(22)33-30(31)37/h1-17,25-26,29H,(H,33,37)/t25-,26+,29+,31-/m1/s1. The van der Waals surface area contributed by atoms with Crippen LogP contribution in [0.5, 0.6) is 0 Å². The van der Waals surface area contributed by atoms with Crippen molar-refractivity contribution in [1.29, 1.82) is 0 Å². The van der Waals surface area contributed by atoms with Crippen LogP contribution < -0.4 is 5.32 Å². The average Bonchev–Trinajstić information content (AvgIpc) is 3.65. The van der Waals surface area contributed by atoms with Crippen molar-refractivity contribution in [3.05, 3.63) is 129 Å². The van der Waals surface area contributed by atoms with Crippen LogP contribution in [0.3, 0.4) is 0 Å². The van der Waals surface area contributed by atoms with Crippen molar-refractivity contribution in [2.45, 2.75) is 17.5 Å². The largest absolute Gasteiger partial charge is 0.358 e. The minimum Gasteiger partial charge on any atom is -0.358 e. The Morgan fingerprint density at radius 3 is 2.45 bits per heavy atom. The summed E-state index contributed by atoms with van der Waals surface area (Å²) in [5, 5.41) is 5.42. The summed E-state index contributed by atoms with van der Waals surface area (Å²) in [7, 11) is 0. The Hall–Kier alpha value is -4.00. The van der Waals surface area contributed by atoms with Crippen LogP contribution in [0.2, 0.25) is 5.02 Å². The van der Waals surface area contributed by atoms with Crippen molar-refractivity contribution in [3.63, 3.8) is 0 Å². The summed E-state index contributed by atoms with van der Waals surface area (Å²) in [6.45, 7) is 0. The van der Waals surface area contributed by atoms with Gasteiger partial charge in [0, 0.05) is 22.5 Å². The molecule has 3 aromatic carbocycles. The van der Waals surface area contributed by atoms with Gasteiger partial charge in [-0.3, -0.25) is 14.4 Å². The van der Waals surface area contributed by atoms with Gasteiger partial charge in [-0.05, 0) is 64.5 Å². The van der Waals surface area contributed by atoms with Crippen LogP contribution in [0.15, 0.2) is 96.5 Å². The number of carbonyl (C=O) groups excluding carboxylic acids is 3. The van der Waals surface area contributed by atoms with Crippen LogP contribution in [0.4, 0.5) is 5.69 Å². The van der Waals surface area contributed by atoms with Crippen molar-refractivity contribution in [2.24, 2.45) is 5.92 Å². The number of carbonyl (C=O) groups is 3. The van der Waals surface area contributed by atoms with Crippen molar-refractivity contribution in [1.82, 2.24) is 4.90 Å². The van der Waals surface area contributed by atoms with Gasteiger partial charge in [-0.2, -0.15) is 0 Å². The number of para-hydroxylation sites is 1. The molecular formula is C31H21ClN2O3S. The first-order valence-electron chi connectivity index (χ1n) is 12.3. The third-order valence-corrected chi connectivity index (χ3v) is 9.15. The fourth-order valence-electron chi connectivity index (χ4n) is 6.53. The van der Waals surface area contributed by atoms with Crippen LogP contribution >= 0.6 is 22.9 Å². The predicted octanol–water partition coefficient (Wildman–Crippen LogP) is 6.38. The molecule has 0 bridgehead atoms. The van der Waals surface area contributed by atoms with E-state index >= 15 is 0 Å². The number of hydrogen-bond donors (Lipinski definition) is 1. The van der Waals surface area contributed by atoms with E-state index in [1.54, 1.807) is 30.3 Å². The summed E-state index contributed by atoms with van der Waals surface area (Å²) in [5.74, 6) is -1.69. The third-order valence-electron chi connectivity index (χ3n) is 8.01. The molecule has 1 saturated heterocycles. The maximum absolute atomic E-state index is 14.6. The number of ketones is 2. The molecule has 7 rings (SSSR count). The van der Waals surface area contributed by atoms with Crippen LogP contribution in [-0.2, 0) is 10.2 Å². The number of amides is 1. The number of hydrogen-bond acceptors (Lipinski definition) is 5. The normalized spacial score (nSPS) is 24.6. The summed E-state index contributed by atoms with van der Waals surface area (Å²) < 4.78 is 0. The molecule has 0 radical (unpaired) electrons. The van der Waals surface area contributed by atoms with Gasteiger partial charge in [0.25, 0.3) is 0 Å². The van der Waals surface area contributed by atoms with Gasteiger partial charge in [-0.15, -0.1) is 11.3 Å². The molecule has 1 amide bonds. The molecule has 0 unspecified atom stereocenters. The van der Waals surface area contributed by atoms with Crippen LogP contribution in [-0.4, -0.2) is 28.4 Å². The van der Waals surface area contributed by atoms with E-state index in [9.17, 15) is 14.4 Å². The second kappa shape index (κ2) is 8.51. The monoisotopic (exact) mass is 536 g/mol. The summed E-state index contributed by atoms with van der Waals surface area (Å²) >= 11 is 7.49. The summed E-state index contributed by atoms with van der Waals surface area (Å²) in [6, 6.07) is 24.2. The molecule has 4 atom stereocenters. The van der Waals surface area contributed by atoms with Gasteiger partial charge in [0.15, 0.2) is 11.6 Å². The average molecular weight is 537 g/mol. The summed E-state index contributed by atoms with van der Waals surface area (Å²) in [5.41, 5.74) is 2.37. The van der Waals surface area contributed by atoms with Crippen molar-refractivity contribution in [2.75, 3.05) is 5.32 Å². The second-order valence-electron chi connectivity index (χ2n) is 9.80. The Labute approximate surface area is 228 Å². The van der Waals surface area contributed by atoms with Crippen molar-refractivity contribution in [3.8, 4) is 0 Å². The number of benzene rings is 3. The van der Waals surface area contributed by atoms with E-state index in [1.165, 1.54) is 11.3 Å². The molecule has 1 spiro atoms. The summed E-state index contributed by atoms with van der Waals surface area (Å²) in [6.07, 6.45) is 3.84. The predicted molar refractivity (Wildman–Crippen MR) is 149 cm³/mol. The van der Waals surface area contributed by atoms with E-state index < -0.39 is 23.4 Å². The fourth-order valence-corrected chi connectivity index (χ4v) is 7.35. The van der Waals surface area contributed by atoms with Gasteiger partial charge < -0.3 is 10.2 Å².